The summed E-state index contributed by atoms with van der Waals surface area (Å²) in [5.41, 5.74) is 6.16. The van der Waals surface area contributed by atoms with Crippen molar-refractivity contribution in [1.29, 1.82) is 0 Å². The van der Waals surface area contributed by atoms with Crippen LogP contribution in [-0.2, 0) is 0 Å². The van der Waals surface area contributed by atoms with Gasteiger partial charge in [-0.05, 0) is 18.9 Å². The predicted molar refractivity (Wildman–Crippen MR) is 38.2 cm³/mol. The number of hydrogen-bond acceptors (Lipinski definition) is 1. The maximum atomic E-state index is 3.96. The first-order valence-electron chi connectivity index (χ1n) is 3.35. The van der Waals surface area contributed by atoms with Crippen LogP contribution in [0.3, 0.4) is 0 Å². The molecular formula is C7H11N2. The number of hydrogen-bond donors (Lipinski definition) is 0. The molecule has 0 spiro atoms. The summed E-state index contributed by atoms with van der Waals surface area (Å²) < 4.78 is 0. The predicted octanol–water partition coefficient (Wildman–Crippen LogP) is 1.66. The highest BCUT2D eigenvalue weighted by atomic mass is 15.3. The molecule has 1 radical (unpaired) electrons. The minimum Gasteiger partial charge on any atom is -0.155 e. The Labute approximate surface area is 55.6 Å². The van der Waals surface area contributed by atoms with Crippen molar-refractivity contribution >= 4 is 5.71 Å². The molecule has 0 saturated heterocycles. The highest BCUT2D eigenvalue weighted by molar-refractivity contribution is 5.96. The minimum atomic E-state index is 0.993. The van der Waals surface area contributed by atoms with Crippen molar-refractivity contribution in [3.05, 3.63) is 11.8 Å². The monoisotopic (exact) mass is 123 g/mol. The lowest BCUT2D eigenvalue weighted by Gasteiger charge is -1.86. The molecule has 1 aliphatic rings. The largest absolute Gasteiger partial charge is 0.155 e. The van der Waals surface area contributed by atoms with E-state index in [1.165, 1.54) is 0 Å². The zero-order valence-corrected chi connectivity index (χ0v) is 5.89. The Morgan fingerprint density at radius 2 is 2.11 bits per heavy atom. The van der Waals surface area contributed by atoms with E-state index in [0.717, 1.165) is 24.3 Å². The van der Waals surface area contributed by atoms with Crippen LogP contribution in [0.1, 0.15) is 26.7 Å². The first-order valence-corrected chi connectivity index (χ1v) is 3.35. The molecule has 2 nitrogen and oxygen atoms in total. The second kappa shape index (κ2) is 2.67. The summed E-state index contributed by atoms with van der Waals surface area (Å²) in [4.78, 5) is 0. The van der Waals surface area contributed by atoms with Crippen LogP contribution in [0.2, 0.25) is 0 Å². The maximum Gasteiger partial charge on any atom is 0.0646 e. The third kappa shape index (κ3) is 1.31. The second-order valence-corrected chi connectivity index (χ2v) is 2.03. The third-order valence-corrected chi connectivity index (χ3v) is 1.36. The van der Waals surface area contributed by atoms with Crippen LogP contribution in [0, 0.1) is 0 Å². The highest BCUT2D eigenvalue weighted by Crippen LogP contribution is 2.06. The molecule has 49 valence electrons. The van der Waals surface area contributed by atoms with Gasteiger partial charge in [0.2, 0.25) is 0 Å². The number of nitrogens with zero attached hydrogens (tertiary/aromatic N) is 2. The van der Waals surface area contributed by atoms with Gasteiger partial charge in [-0.3, -0.25) is 0 Å². The van der Waals surface area contributed by atoms with Crippen LogP contribution in [0.4, 0.5) is 0 Å². The van der Waals surface area contributed by atoms with Gasteiger partial charge in [-0.2, -0.15) is 10.5 Å². The van der Waals surface area contributed by atoms with E-state index in [2.05, 4.69) is 30.5 Å². The van der Waals surface area contributed by atoms with E-state index in [9.17, 15) is 0 Å². The van der Waals surface area contributed by atoms with Gasteiger partial charge >= 0.3 is 0 Å². The van der Waals surface area contributed by atoms with Crippen LogP contribution in [0.15, 0.2) is 16.9 Å². The molecule has 0 saturated carbocycles. The first-order chi connectivity index (χ1) is 4.36. The van der Waals surface area contributed by atoms with Crippen LogP contribution in [0.25, 0.3) is 0 Å². The Kier molecular flexibility index (Phi) is 1.88. The van der Waals surface area contributed by atoms with E-state index >= 15 is 0 Å². The van der Waals surface area contributed by atoms with Crippen molar-refractivity contribution in [2.75, 3.05) is 0 Å². The van der Waals surface area contributed by atoms with Gasteiger partial charge in [0, 0.05) is 0 Å². The van der Waals surface area contributed by atoms with Gasteiger partial charge in [0.25, 0.3) is 0 Å². The van der Waals surface area contributed by atoms with Gasteiger partial charge < -0.3 is 0 Å². The van der Waals surface area contributed by atoms with Gasteiger partial charge in [0.1, 0.15) is 0 Å². The van der Waals surface area contributed by atoms with E-state index in [1.54, 1.807) is 0 Å². The molecule has 2 heteroatoms. The standard InChI is InChI=1S/C7H11N2/c1-3-6-5-7(4-2)9-8-6/h5H,3-4H2,1-2H3. The highest BCUT2D eigenvalue weighted by Gasteiger charge is 2.04. The molecule has 1 heterocycles. The molecule has 0 fully saturated rings. The summed E-state index contributed by atoms with van der Waals surface area (Å²) in [6, 6.07) is 0. The Morgan fingerprint density at radius 3 is 2.44 bits per heavy atom. The third-order valence-electron chi connectivity index (χ3n) is 1.36. The zero-order valence-electron chi connectivity index (χ0n) is 5.89. The van der Waals surface area contributed by atoms with Gasteiger partial charge in [0.15, 0.2) is 0 Å². The topological polar surface area (TPSA) is 26.5 Å². The lowest BCUT2D eigenvalue weighted by Crippen LogP contribution is -1.87. The quantitative estimate of drug-likeness (QED) is 0.534. The summed E-state index contributed by atoms with van der Waals surface area (Å²) in [6.07, 6.45) is 4.04. The zero-order chi connectivity index (χ0) is 6.69. The Morgan fingerprint density at radius 1 is 1.33 bits per heavy atom. The van der Waals surface area contributed by atoms with Gasteiger partial charge in [-0.15, -0.1) is 0 Å². The normalized spacial score (nSPS) is 16.7. The molecule has 0 aliphatic carbocycles. The van der Waals surface area contributed by atoms with Crippen molar-refractivity contribution < 1.29 is 0 Å². The molecule has 9 heavy (non-hydrogen) atoms. The summed E-state index contributed by atoms with van der Waals surface area (Å²) in [5, 5.41) is 3.96. The van der Waals surface area contributed by atoms with Gasteiger partial charge in [0.05, 0.1) is 11.4 Å². The molecule has 0 bridgehead atoms. The SMILES string of the molecule is CCC1=CC(CC)=N[N]1. The lowest BCUT2D eigenvalue weighted by atomic mass is 10.2. The van der Waals surface area contributed by atoms with Gasteiger partial charge in [-0.1, -0.05) is 13.8 Å². The first kappa shape index (κ1) is 6.33. The van der Waals surface area contributed by atoms with Crippen LogP contribution in [-0.4, -0.2) is 5.71 Å². The average molecular weight is 123 g/mol. The fraction of sp³-hybridized carbons (Fsp3) is 0.571. The molecule has 1 rings (SSSR count). The molecule has 0 N–H and O–H groups in total. The number of allylic oxidation sites excluding steroid dienone is 2. The fourth-order valence-corrected chi connectivity index (χ4v) is 0.724. The van der Waals surface area contributed by atoms with Crippen molar-refractivity contribution in [2.45, 2.75) is 26.7 Å². The Hall–Kier alpha value is -0.790. The molecule has 0 amide bonds. The summed E-state index contributed by atoms with van der Waals surface area (Å²) >= 11 is 0. The van der Waals surface area contributed by atoms with Crippen LogP contribution < -0.4 is 5.43 Å². The van der Waals surface area contributed by atoms with E-state index in [-0.39, 0.29) is 0 Å². The summed E-state index contributed by atoms with van der Waals surface area (Å²) in [7, 11) is 0. The molecule has 1 aliphatic heterocycles. The Bertz CT molecular complexity index is 156. The number of rotatable bonds is 2. The van der Waals surface area contributed by atoms with Crippen molar-refractivity contribution in [1.82, 2.24) is 5.43 Å². The van der Waals surface area contributed by atoms with E-state index < -0.39 is 0 Å². The summed E-state index contributed by atoms with van der Waals surface area (Å²) in [5.74, 6) is 0. The molecule has 0 aromatic carbocycles. The second-order valence-electron chi connectivity index (χ2n) is 2.03. The van der Waals surface area contributed by atoms with E-state index in [0.29, 0.717) is 0 Å². The van der Waals surface area contributed by atoms with Crippen LogP contribution in [0.5, 0.6) is 0 Å². The average Bonchev–Trinajstić information content (AvgIpc) is 2.34. The molecule has 0 unspecified atom stereocenters. The molecule has 0 aromatic rings. The summed E-state index contributed by atoms with van der Waals surface area (Å²) in [6.45, 7) is 4.17. The fourth-order valence-electron chi connectivity index (χ4n) is 0.724. The van der Waals surface area contributed by atoms with Crippen LogP contribution >= 0.6 is 0 Å². The smallest absolute Gasteiger partial charge is 0.0646 e. The van der Waals surface area contributed by atoms with E-state index in [1.807, 2.05) is 0 Å². The van der Waals surface area contributed by atoms with E-state index in [4.69, 9.17) is 0 Å². The molecule has 0 aromatic heterocycles. The van der Waals surface area contributed by atoms with Crippen molar-refractivity contribution in [3.63, 3.8) is 0 Å². The lowest BCUT2D eigenvalue weighted by molar-refractivity contribution is 0.835. The maximum absolute atomic E-state index is 3.96. The van der Waals surface area contributed by atoms with Crippen molar-refractivity contribution in [2.24, 2.45) is 5.10 Å². The van der Waals surface area contributed by atoms with Crippen molar-refractivity contribution in [3.8, 4) is 0 Å². The molecular weight excluding hydrogens is 112 g/mol. The Balaban J connectivity index is 2.52. The van der Waals surface area contributed by atoms with Gasteiger partial charge in [-0.25, -0.2) is 0 Å². The molecule has 0 atom stereocenters. The minimum absolute atomic E-state index is 0.993.